The Bertz CT molecular complexity index is 4720. The number of rotatable bonds is 21. The molecule has 8 N–H and O–H groups in total. The summed E-state index contributed by atoms with van der Waals surface area (Å²) in [4.78, 5) is 63.8. The van der Waals surface area contributed by atoms with Gasteiger partial charge in [-0.2, -0.15) is 15.3 Å². The Morgan fingerprint density at radius 1 is 0.474 bits per heavy atom. The molecule has 0 unspecified atom stereocenters. The number of ether oxygens (including phenoxy) is 3. The molecule has 25 heteroatoms. The van der Waals surface area contributed by atoms with E-state index in [1.807, 2.05) is 195 Å². The number of amides is 3. The van der Waals surface area contributed by atoms with Gasteiger partial charge in [0.15, 0.2) is 16.9 Å². The number of terminal acetylenes is 2. The number of benzene rings is 6. The minimum atomic E-state index is -0.477. The summed E-state index contributed by atoms with van der Waals surface area (Å²) in [7, 11) is 5.53. The van der Waals surface area contributed by atoms with Crippen LogP contribution in [-0.4, -0.2) is 134 Å². The number of carbonyl (C=O) groups excluding carboxylic acids is 3. The maximum atomic E-state index is 12.0. The second kappa shape index (κ2) is 33.5. The topological polar surface area (TPSA) is 318 Å². The summed E-state index contributed by atoms with van der Waals surface area (Å²) < 4.78 is 22.7. The average molecular weight is 1300 g/mol. The van der Waals surface area contributed by atoms with Crippen LogP contribution < -0.4 is 42.0 Å². The van der Waals surface area contributed by atoms with Crippen molar-refractivity contribution in [1.82, 2.24) is 79.7 Å². The first kappa shape index (κ1) is 69.9. The van der Waals surface area contributed by atoms with Gasteiger partial charge < -0.3 is 51.8 Å². The van der Waals surface area contributed by atoms with Crippen LogP contribution in [0, 0.1) is 24.7 Å². The number of hydrogen-bond donors (Lipinski definition) is 5. The van der Waals surface area contributed by atoms with Gasteiger partial charge in [-0.1, -0.05) is 75.5 Å². The number of nitrogens with two attached hydrogens (primary N) is 3. The van der Waals surface area contributed by atoms with Gasteiger partial charge in [-0.25, -0.2) is 43.9 Å². The van der Waals surface area contributed by atoms with E-state index in [9.17, 15) is 14.4 Å². The second-order valence-electron chi connectivity index (χ2n) is 21.1. The zero-order valence-electron chi connectivity index (χ0n) is 52.0. The Labute approximate surface area is 561 Å². The van der Waals surface area contributed by atoms with Crippen LogP contribution in [0.1, 0.15) is 14.9 Å². The summed E-state index contributed by atoms with van der Waals surface area (Å²) in [6.45, 7) is 3.03. The van der Waals surface area contributed by atoms with Crippen molar-refractivity contribution in [3.63, 3.8) is 0 Å². The van der Waals surface area contributed by atoms with Crippen molar-refractivity contribution in [2.24, 2.45) is 0 Å². The number of aromatic nitrogens is 12. The second-order valence-corrected chi connectivity index (χ2v) is 21.1. The lowest BCUT2D eigenvalue weighted by molar-refractivity contribution is -0.124. The van der Waals surface area contributed by atoms with Crippen molar-refractivity contribution in [1.29, 1.82) is 0 Å². The first-order valence-electron chi connectivity index (χ1n) is 29.7. The third-order valence-electron chi connectivity index (χ3n) is 14.2. The fourth-order valence-corrected chi connectivity index (χ4v) is 9.58. The smallest absolute Gasteiger partial charge is 0.298 e. The van der Waals surface area contributed by atoms with E-state index in [1.54, 1.807) is 21.1 Å². The molecule has 97 heavy (non-hydrogen) atoms. The van der Waals surface area contributed by atoms with Crippen LogP contribution in [0.2, 0.25) is 0 Å². The number of para-hydroxylation sites is 3. The quantitative estimate of drug-likeness (QED) is 0.0330. The Morgan fingerprint density at radius 3 is 1.15 bits per heavy atom. The third-order valence-corrected chi connectivity index (χ3v) is 14.2. The van der Waals surface area contributed by atoms with Gasteiger partial charge in [0.25, 0.3) is 11.8 Å². The van der Waals surface area contributed by atoms with E-state index in [0.717, 1.165) is 33.9 Å². The molecule has 0 spiro atoms. The molecule has 0 saturated carbocycles. The number of likely N-dealkylation sites (N-methyl/N-ethyl adjacent to an activating group) is 2. The van der Waals surface area contributed by atoms with Crippen LogP contribution in [-0.2, 0) is 34.0 Å². The summed E-state index contributed by atoms with van der Waals surface area (Å²) in [5.74, 6) is 8.52. The number of nitrogen functional groups attached to an aromatic ring is 3. The number of fused-ring (bicyclic) bond motifs is 3. The Hall–Kier alpha value is -13.0. The van der Waals surface area contributed by atoms with Gasteiger partial charge >= 0.3 is 0 Å². The maximum absolute atomic E-state index is 12.0. The van der Waals surface area contributed by atoms with Gasteiger partial charge in [0.1, 0.15) is 88.0 Å². The highest BCUT2D eigenvalue weighted by molar-refractivity contribution is 6.00. The van der Waals surface area contributed by atoms with E-state index in [4.69, 9.17) is 54.5 Å². The third kappa shape index (κ3) is 18.0. The van der Waals surface area contributed by atoms with E-state index in [1.165, 1.54) is 30.0 Å². The molecule has 0 bridgehead atoms. The van der Waals surface area contributed by atoms with Gasteiger partial charge in [0.05, 0.1) is 35.8 Å². The minimum Gasteiger partial charge on any atom is -0.457 e. The Kier molecular flexibility index (Phi) is 24.2. The molecule has 12 rings (SSSR count). The van der Waals surface area contributed by atoms with Gasteiger partial charge in [-0.15, -0.1) is 12.8 Å². The summed E-state index contributed by atoms with van der Waals surface area (Å²) in [5.41, 5.74) is 24.8. The molecule has 0 atom stereocenters. The normalized spacial score (nSPS) is 10.6. The monoisotopic (exact) mass is 1300 g/mol. The van der Waals surface area contributed by atoms with Crippen LogP contribution in [0.15, 0.2) is 195 Å². The number of nitrogens with zero attached hydrogens (tertiary/aromatic N) is 14. The highest BCUT2D eigenvalue weighted by atomic mass is 16.5. The van der Waals surface area contributed by atoms with Crippen LogP contribution in [0.4, 0.5) is 17.5 Å². The predicted molar refractivity (Wildman–Crippen MR) is 378 cm³/mol. The van der Waals surface area contributed by atoms with Crippen molar-refractivity contribution >= 4 is 68.3 Å². The molecule has 0 aliphatic rings. The molecule has 25 nitrogen and oxygen atoms in total. The van der Waals surface area contributed by atoms with E-state index in [2.05, 4.69) is 51.6 Å². The SMILES string of the molecule is C.C.C#CC(=O)N(C)CCn1nc(-c2ccc(Oc3ccccc3)cc2)c2c(N)ncnc21.C#CC(=O)NCCn1nc(-c2ccc(Oc3ccccc3)cc2)c2c(N)ncnc21.CN(C)C/C=C/C(=O)NCCn1nc(-c2ccc(Oc3ccccc3)cc2)c2c(N)ncnc21. The average Bonchev–Trinajstić information content (AvgIpc) is 1.67. The molecule has 6 aromatic carbocycles. The molecule has 0 aliphatic carbocycles. The van der Waals surface area contributed by atoms with Crippen LogP contribution in [0.3, 0.4) is 0 Å². The molecule has 6 aromatic heterocycles. The molecule has 492 valence electrons. The molecule has 0 aliphatic heterocycles. The molecule has 6 heterocycles. The van der Waals surface area contributed by atoms with Crippen molar-refractivity contribution in [2.75, 3.05) is 64.5 Å². The molecule has 0 fully saturated rings. The highest BCUT2D eigenvalue weighted by Crippen LogP contribution is 2.35. The summed E-state index contributed by atoms with van der Waals surface area (Å²) in [6, 6.07) is 51.4. The predicted octanol–water partition coefficient (Wildman–Crippen LogP) is 9.95. The summed E-state index contributed by atoms with van der Waals surface area (Å²) in [6.07, 6.45) is 17.8. The number of anilines is 3. The van der Waals surface area contributed by atoms with Crippen LogP contribution in [0.25, 0.3) is 66.9 Å². The van der Waals surface area contributed by atoms with Crippen LogP contribution >= 0.6 is 0 Å². The fraction of sp³-hybridized carbons (Fsp3) is 0.167. The summed E-state index contributed by atoms with van der Waals surface area (Å²) in [5, 5.41) is 21.5. The van der Waals surface area contributed by atoms with Gasteiger partial charge in [0.2, 0.25) is 5.91 Å². The standard InChI is InChI=1S/C25H27N7O2.C23H20N6O2.C22H18N6O2.2CH4/c1-31(2)15-6-9-21(33)27-14-16-32-25-22(24(26)28-17-29-25)23(30-32)18-10-12-20(13-11-18)34-19-7-4-3-5-8-19;1-3-19(30)28(2)13-14-29-23-20(22(24)25-15-26-23)21(27-29)16-9-11-18(12-10-16)31-17-7-5-4-6-8-17;1-2-18(29)24-12-13-28-22-19(21(23)25-14-26-22)20(27-28)15-8-10-17(11-9-15)30-16-6-4-3-5-7-16;;/h3-13,17H,14-16H2,1-2H3,(H,27,33)(H2,26,28,29);1,4-12,15H,13-14H2,2H3,(H2,24,25,26);1,3-11,14H,12-13H2,(H,24,29)(H2,23,25,26);2*1H4/b9-6+;;;;. The maximum Gasteiger partial charge on any atom is 0.298 e. The Balaban J connectivity index is 0.000000184. The van der Waals surface area contributed by atoms with E-state index in [-0.39, 0.29) is 26.7 Å². The zero-order valence-corrected chi connectivity index (χ0v) is 52.0. The molecule has 0 saturated heterocycles. The van der Waals surface area contributed by atoms with E-state index in [0.29, 0.717) is 131 Å². The van der Waals surface area contributed by atoms with E-state index >= 15 is 0 Å². The molecular weight excluding hydrogens is 1230 g/mol. The first-order valence-corrected chi connectivity index (χ1v) is 29.7. The number of nitrogens with one attached hydrogen (secondary N) is 2. The first-order chi connectivity index (χ1) is 46.2. The lowest BCUT2D eigenvalue weighted by atomic mass is 10.1. The number of carbonyl (C=O) groups is 3. The fourth-order valence-electron chi connectivity index (χ4n) is 9.58. The largest absolute Gasteiger partial charge is 0.457 e. The molecule has 0 radical (unpaired) electrons. The summed E-state index contributed by atoms with van der Waals surface area (Å²) >= 11 is 0. The van der Waals surface area contributed by atoms with E-state index < -0.39 is 5.91 Å². The van der Waals surface area contributed by atoms with Crippen molar-refractivity contribution in [3.8, 4) is 93.0 Å². The molecular formula is C72H73N19O6. The zero-order chi connectivity index (χ0) is 66.6. The lowest BCUT2D eigenvalue weighted by Crippen LogP contribution is -2.29. The highest BCUT2D eigenvalue weighted by Gasteiger charge is 2.21. The van der Waals surface area contributed by atoms with Crippen LogP contribution in [0.5, 0.6) is 34.5 Å². The lowest BCUT2D eigenvalue weighted by Gasteiger charge is -2.13. The Morgan fingerprint density at radius 2 is 0.814 bits per heavy atom. The molecule has 12 aromatic rings. The van der Waals surface area contributed by atoms with Gasteiger partial charge in [-0.3, -0.25) is 14.4 Å². The van der Waals surface area contributed by atoms with Gasteiger partial charge in [-0.05, 0) is 135 Å². The molecule has 3 amide bonds. The van der Waals surface area contributed by atoms with Crippen molar-refractivity contribution in [2.45, 2.75) is 34.5 Å². The van der Waals surface area contributed by atoms with Crippen molar-refractivity contribution in [3.05, 3.63) is 195 Å². The van der Waals surface area contributed by atoms with Crippen molar-refractivity contribution < 1.29 is 28.6 Å². The van der Waals surface area contributed by atoms with Gasteiger partial charge in [0, 0.05) is 56.0 Å². The minimum absolute atomic E-state index is 0. The number of hydrogen-bond acceptors (Lipinski definition) is 19.